The van der Waals surface area contributed by atoms with Gasteiger partial charge in [-0.1, -0.05) is 35.6 Å². The van der Waals surface area contributed by atoms with E-state index in [1.807, 2.05) is 31.2 Å². The average molecular weight is 409 g/mol. The Morgan fingerprint density at radius 2 is 1.82 bits per heavy atom. The number of thiazole rings is 2. The van der Waals surface area contributed by atoms with E-state index in [4.69, 9.17) is 0 Å². The second-order valence-corrected chi connectivity index (χ2v) is 8.07. The molecule has 0 atom stereocenters. The van der Waals surface area contributed by atoms with Crippen molar-refractivity contribution >= 4 is 55.0 Å². The molecule has 0 radical (unpaired) electrons. The van der Waals surface area contributed by atoms with Crippen LogP contribution in [-0.4, -0.2) is 21.8 Å². The van der Waals surface area contributed by atoms with Crippen LogP contribution in [0.2, 0.25) is 0 Å². The third kappa shape index (κ3) is 4.24. The predicted molar refractivity (Wildman–Crippen MR) is 113 cm³/mol. The van der Waals surface area contributed by atoms with E-state index in [0.29, 0.717) is 21.5 Å². The highest BCUT2D eigenvalue weighted by Crippen LogP contribution is 2.27. The Labute approximate surface area is 169 Å². The molecule has 2 amide bonds. The predicted octanol–water partition coefficient (Wildman–Crippen LogP) is 4.49. The number of hydrogen-bond acceptors (Lipinski definition) is 6. The minimum absolute atomic E-state index is 0.118. The van der Waals surface area contributed by atoms with Gasteiger partial charge in [-0.3, -0.25) is 14.9 Å². The number of nitrogens with one attached hydrogen (secondary N) is 2. The van der Waals surface area contributed by atoms with E-state index in [2.05, 4.69) is 20.6 Å². The van der Waals surface area contributed by atoms with Crippen LogP contribution in [-0.2, 0) is 11.2 Å². The van der Waals surface area contributed by atoms with Gasteiger partial charge in [0.1, 0.15) is 0 Å². The first-order chi connectivity index (χ1) is 13.6. The van der Waals surface area contributed by atoms with E-state index >= 15 is 0 Å². The van der Waals surface area contributed by atoms with Crippen molar-refractivity contribution in [3.63, 3.8) is 0 Å². The zero-order chi connectivity index (χ0) is 19.5. The molecule has 0 saturated heterocycles. The molecule has 0 fully saturated rings. The third-order valence-corrected chi connectivity index (χ3v) is 5.68. The van der Waals surface area contributed by atoms with Crippen LogP contribution in [0.15, 0.2) is 53.9 Å². The van der Waals surface area contributed by atoms with Crippen molar-refractivity contribution in [1.29, 1.82) is 0 Å². The molecule has 28 heavy (non-hydrogen) atoms. The Hall–Kier alpha value is -3.10. The molecule has 2 aromatic carbocycles. The van der Waals surface area contributed by atoms with Crippen molar-refractivity contribution in [1.82, 2.24) is 9.97 Å². The van der Waals surface area contributed by atoms with E-state index in [0.717, 1.165) is 15.8 Å². The summed E-state index contributed by atoms with van der Waals surface area (Å²) >= 11 is 2.73. The highest BCUT2D eigenvalue weighted by atomic mass is 32.1. The lowest BCUT2D eigenvalue weighted by Crippen LogP contribution is -2.15. The van der Waals surface area contributed by atoms with Crippen LogP contribution in [0.5, 0.6) is 0 Å². The number of rotatable bonds is 5. The first kappa shape index (κ1) is 18.3. The van der Waals surface area contributed by atoms with Crippen LogP contribution in [0.25, 0.3) is 10.2 Å². The summed E-state index contributed by atoms with van der Waals surface area (Å²) in [7, 11) is 0. The topological polar surface area (TPSA) is 84.0 Å². The van der Waals surface area contributed by atoms with Gasteiger partial charge in [-0.25, -0.2) is 9.97 Å². The van der Waals surface area contributed by atoms with Gasteiger partial charge in [0.15, 0.2) is 10.3 Å². The van der Waals surface area contributed by atoms with Crippen LogP contribution in [0, 0.1) is 6.92 Å². The number of aromatic nitrogens is 2. The van der Waals surface area contributed by atoms with E-state index < -0.39 is 0 Å². The summed E-state index contributed by atoms with van der Waals surface area (Å²) in [4.78, 5) is 33.2. The molecule has 0 saturated carbocycles. The first-order valence-electron chi connectivity index (χ1n) is 8.55. The Kier molecular flexibility index (Phi) is 5.14. The lowest BCUT2D eigenvalue weighted by molar-refractivity contribution is -0.115. The van der Waals surface area contributed by atoms with Crippen molar-refractivity contribution < 1.29 is 9.59 Å². The van der Waals surface area contributed by atoms with Gasteiger partial charge < -0.3 is 5.32 Å². The van der Waals surface area contributed by atoms with Crippen molar-refractivity contribution in [3.8, 4) is 0 Å². The third-order valence-electron chi connectivity index (χ3n) is 3.94. The van der Waals surface area contributed by atoms with Crippen LogP contribution in [0.4, 0.5) is 10.3 Å². The summed E-state index contributed by atoms with van der Waals surface area (Å²) in [5.74, 6) is -0.419. The Balaban J connectivity index is 1.37. The summed E-state index contributed by atoms with van der Waals surface area (Å²) < 4.78 is 1.04. The minimum atomic E-state index is -0.226. The molecule has 6 nitrogen and oxygen atoms in total. The fourth-order valence-corrected chi connectivity index (χ4v) is 4.30. The van der Waals surface area contributed by atoms with E-state index in [-0.39, 0.29) is 18.2 Å². The van der Waals surface area contributed by atoms with Crippen LogP contribution in [0.3, 0.4) is 0 Å². The van der Waals surface area contributed by atoms with E-state index in [1.54, 1.807) is 29.6 Å². The number of aryl methyl sites for hydroxylation is 1. The van der Waals surface area contributed by atoms with Gasteiger partial charge in [0.25, 0.3) is 5.91 Å². The molecule has 4 rings (SSSR count). The first-order valence-corrected chi connectivity index (χ1v) is 10.2. The Bertz CT molecular complexity index is 1150. The van der Waals surface area contributed by atoms with Gasteiger partial charge in [0, 0.05) is 10.9 Å². The number of carbonyl (C=O) groups is 2. The summed E-state index contributed by atoms with van der Waals surface area (Å²) in [5, 5.41) is 8.37. The highest BCUT2D eigenvalue weighted by molar-refractivity contribution is 7.22. The molecule has 2 N–H and O–H groups in total. The number of benzene rings is 2. The monoisotopic (exact) mass is 408 g/mol. The number of amides is 2. The smallest absolute Gasteiger partial charge is 0.257 e. The fourth-order valence-electron chi connectivity index (χ4n) is 2.62. The maximum absolute atomic E-state index is 12.3. The normalized spacial score (nSPS) is 10.8. The molecule has 4 aromatic rings. The number of hydrogen-bond donors (Lipinski definition) is 2. The zero-order valence-electron chi connectivity index (χ0n) is 14.9. The van der Waals surface area contributed by atoms with E-state index in [9.17, 15) is 9.59 Å². The number of carbonyl (C=O) groups excluding carboxylic acids is 2. The Morgan fingerprint density at radius 3 is 2.64 bits per heavy atom. The molecule has 140 valence electrons. The lowest BCUT2D eigenvalue weighted by atomic mass is 10.2. The van der Waals surface area contributed by atoms with Gasteiger partial charge in [0.2, 0.25) is 5.91 Å². The molecule has 2 aromatic heterocycles. The SMILES string of the molecule is Cc1ccc2nc(NC(=O)Cc3csc(NC(=O)c4ccccc4)n3)sc2c1. The summed E-state index contributed by atoms with van der Waals surface area (Å²) in [5.41, 5.74) is 3.18. The molecule has 8 heteroatoms. The summed E-state index contributed by atoms with van der Waals surface area (Å²) in [6.07, 6.45) is 0.118. The van der Waals surface area contributed by atoms with Crippen LogP contribution in [0.1, 0.15) is 21.6 Å². The number of anilines is 2. The van der Waals surface area contributed by atoms with Crippen molar-refractivity contribution in [2.75, 3.05) is 10.6 Å². The quantitative estimate of drug-likeness (QED) is 0.509. The van der Waals surface area contributed by atoms with Gasteiger partial charge >= 0.3 is 0 Å². The molecular weight excluding hydrogens is 392 g/mol. The molecule has 0 aliphatic heterocycles. The van der Waals surface area contributed by atoms with Crippen LogP contribution < -0.4 is 10.6 Å². The maximum Gasteiger partial charge on any atom is 0.257 e. The van der Waals surface area contributed by atoms with Crippen molar-refractivity contribution in [2.45, 2.75) is 13.3 Å². The van der Waals surface area contributed by atoms with Crippen molar-refractivity contribution in [3.05, 3.63) is 70.7 Å². The fraction of sp³-hybridized carbons (Fsp3) is 0.100. The van der Waals surface area contributed by atoms with Crippen LogP contribution >= 0.6 is 22.7 Å². The van der Waals surface area contributed by atoms with Gasteiger partial charge in [-0.05, 0) is 36.8 Å². The highest BCUT2D eigenvalue weighted by Gasteiger charge is 2.13. The van der Waals surface area contributed by atoms with Gasteiger partial charge in [-0.2, -0.15) is 0 Å². The van der Waals surface area contributed by atoms with E-state index in [1.165, 1.54) is 22.7 Å². The number of fused-ring (bicyclic) bond motifs is 1. The molecule has 0 unspecified atom stereocenters. The van der Waals surface area contributed by atoms with Crippen molar-refractivity contribution in [2.24, 2.45) is 0 Å². The number of nitrogens with zero attached hydrogens (tertiary/aromatic N) is 2. The molecule has 0 bridgehead atoms. The minimum Gasteiger partial charge on any atom is -0.302 e. The molecule has 0 aliphatic rings. The van der Waals surface area contributed by atoms with Gasteiger partial charge in [0.05, 0.1) is 22.3 Å². The van der Waals surface area contributed by atoms with Gasteiger partial charge in [-0.15, -0.1) is 11.3 Å². The molecule has 2 heterocycles. The summed E-state index contributed by atoms with van der Waals surface area (Å²) in [6, 6.07) is 14.9. The second-order valence-electron chi connectivity index (χ2n) is 6.18. The Morgan fingerprint density at radius 1 is 1.00 bits per heavy atom. The lowest BCUT2D eigenvalue weighted by Gasteiger charge is -2.01. The standard InChI is InChI=1S/C20H16N4O2S2/c1-12-7-8-15-16(9-12)28-20(22-15)23-17(25)10-14-11-27-19(21-14)24-18(26)13-5-3-2-4-6-13/h2-9,11H,10H2,1H3,(H,21,24,26)(H,22,23,25). The average Bonchev–Trinajstić information content (AvgIpc) is 3.28. The summed E-state index contributed by atoms with van der Waals surface area (Å²) in [6.45, 7) is 2.02. The second kappa shape index (κ2) is 7.87. The molecule has 0 spiro atoms. The molecular formula is C20H16N4O2S2. The maximum atomic E-state index is 12.3. The molecule has 0 aliphatic carbocycles. The zero-order valence-corrected chi connectivity index (χ0v) is 16.6. The largest absolute Gasteiger partial charge is 0.302 e.